The molecule has 0 bridgehead atoms. The molecule has 0 aromatic carbocycles. The van der Waals surface area contributed by atoms with Gasteiger partial charge in [0.2, 0.25) is 0 Å². The van der Waals surface area contributed by atoms with E-state index in [-0.39, 0.29) is 5.78 Å². The van der Waals surface area contributed by atoms with Crippen molar-refractivity contribution in [1.29, 1.82) is 0 Å². The molecule has 13 heavy (non-hydrogen) atoms. The monoisotopic (exact) mass is 522 g/mol. The van der Waals surface area contributed by atoms with E-state index in [9.17, 15) is 4.79 Å². The molecule has 0 heterocycles. The highest BCUT2D eigenvalue weighted by atomic mass is 79.9. The maximum Gasteiger partial charge on any atom is 0.166 e. The van der Waals surface area contributed by atoms with Crippen LogP contribution in [0.5, 0.6) is 0 Å². The van der Waals surface area contributed by atoms with Crippen LogP contribution in [0.2, 0.25) is 0 Å². The summed E-state index contributed by atoms with van der Waals surface area (Å²) in [6.07, 6.45) is 0.979. The topological polar surface area (TPSA) is 17.1 Å². The van der Waals surface area contributed by atoms with Crippen LogP contribution in [0, 0.1) is 0 Å². The van der Waals surface area contributed by atoms with E-state index in [1.54, 1.807) is 0 Å². The zero-order valence-corrected chi connectivity index (χ0v) is 14.8. The van der Waals surface area contributed by atoms with Gasteiger partial charge >= 0.3 is 0 Å². The van der Waals surface area contributed by atoms with Crippen LogP contribution in [-0.2, 0) is 4.79 Å². The van der Waals surface area contributed by atoms with E-state index in [1.807, 2.05) is 0 Å². The summed E-state index contributed by atoms with van der Waals surface area (Å²) in [5.74, 6) is 0.0528. The lowest BCUT2D eigenvalue weighted by Gasteiger charge is -2.45. The molecule has 1 fully saturated rings. The zero-order chi connectivity index (χ0) is 10.5. The second-order valence-electron chi connectivity index (χ2n) is 2.78. The van der Waals surface area contributed by atoms with Gasteiger partial charge in [0.15, 0.2) is 9.02 Å². The number of halogens is 6. The summed E-state index contributed by atoms with van der Waals surface area (Å²) >= 11 is 23.0. The second-order valence-corrected chi connectivity index (χ2v) is 12.1. The van der Waals surface area contributed by atoms with Crippen molar-refractivity contribution in [3.63, 3.8) is 0 Å². The molecule has 0 aromatic heterocycles. The van der Waals surface area contributed by atoms with E-state index in [1.165, 1.54) is 0 Å². The largest absolute Gasteiger partial charge is 0.297 e. The fourth-order valence-corrected chi connectivity index (χ4v) is 4.39. The summed E-state index contributed by atoms with van der Waals surface area (Å²) in [6, 6.07) is 0. The summed E-state index contributed by atoms with van der Waals surface area (Å²) in [7, 11) is 0. The van der Waals surface area contributed by atoms with Gasteiger partial charge in [0, 0.05) is 6.42 Å². The van der Waals surface area contributed by atoms with Crippen molar-refractivity contribution < 1.29 is 4.79 Å². The van der Waals surface area contributed by atoms with Gasteiger partial charge in [-0.3, -0.25) is 4.79 Å². The lowest BCUT2D eigenvalue weighted by atomic mass is 9.98. The summed E-state index contributed by atoms with van der Waals surface area (Å²) in [5.41, 5.74) is 0. The Bertz CT molecular complexity index is 249. The van der Waals surface area contributed by atoms with Gasteiger partial charge in [-0.15, -0.1) is 11.6 Å². The number of hydrogen-bond acceptors (Lipinski definition) is 1. The van der Waals surface area contributed by atoms with Crippen molar-refractivity contribution in [1.82, 2.24) is 0 Å². The van der Waals surface area contributed by atoms with Crippen LogP contribution >= 0.6 is 91.3 Å². The fourth-order valence-electron chi connectivity index (χ4n) is 0.989. The SMILES string of the molecule is O=C1CCC(Cl)(Br)C(Br)(Br)C1(Br)Br. The first-order valence-electron chi connectivity index (χ1n) is 3.30. The number of hydrogen-bond donors (Lipinski definition) is 0. The maximum atomic E-state index is 11.6. The lowest BCUT2D eigenvalue weighted by Crippen LogP contribution is -2.56. The van der Waals surface area contributed by atoms with E-state index in [2.05, 4.69) is 79.6 Å². The molecule has 1 aliphatic carbocycles. The molecule has 1 saturated carbocycles. The smallest absolute Gasteiger partial charge is 0.166 e. The summed E-state index contributed by atoms with van der Waals surface area (Å²) < 4.78 is -2.37. The molecule has 1 rings (SSSR count). The Morgan fingerprint density at radius 1 is 1.15 bits per heavy atom. The molecule has 1 aliphatic rings. The molecule has 0 N–H and O–H groups in total. The normalized spacial score (nSPS) is 37.5. The number of carbonyl (C=O) groups is 1. The highest BCUT2D eigenvalue weighted by Crippen LogP contribution is 2.63. The van der Waals surface area contributed by atoms with Crippen molar-refractivity contribution in [2.75, 3.05) is 0 Å². The Kier molecular flexibility index (Phi) is 4.12. The molecule has 0 aromatic rings. The zero-order valence-electron chi connectivity index (χ0n) is 6.09. The summed E-state index contributed by atoms with van der Waals surface area (Å²) in [5, 5.41) is 0. The third-order valence-electron chi connectivity index (χ3n) is 1.87. The van der Waals surface area contributed by atoms with Crippen LogP contribution in [0.15, 0.2) is 0 Å². The third kappa shape index (κ3) is 2.09. The first-order valence-corrected chi connectivity index (χ1v) is 7.64. The molecule has 0 aliphatic heterocycles. The van der Waals surface area contributed by atoms with Crippen molar-refractivity contribution in [2.45, 2.75) is 23.1 Å². The van der Waals surface area contributed by atoms with Crippen molar-refractivity contribution in [2.24, 2.45) is 0 Å². The van der Waals surface area contributed by atoms with Crippen LogP contribution in [0.3, 0.4) is 0 Å². The van der Waals surface area contributed by atoms with Crippen LogP contribution in [0.25, 0.3) is 0 Å². The van der Waals surface area contributed by atoms with E-state index >= 15 is 0 Å². The average Bonchev–Trinajstić information content (AvgIpc) is 1.97. The maximum absolute atomic E-state index is 11.6. The minimum Gasteiger partial charge on any atom is -0.297 e. The standard InChI is InChI=1S/C6H4Br5ClO/c7-4(12)2-1-3(13)5(8,9)6(4,10)11/h1-2H2. The highest BCUT2D eigenvalue weighted by Gasteiger charge is 2.63. The second kappa shape index (κ2) is 3.99. The predicted molar refractivity (Wildman–Crippen MR) is 72.9 cm³/mol. The third-order valence-corrected chi connectivity index (χ3v) is 11.6. The van der Waals surface area contributed by atoms with Gasteiger partial charge in [-0.2, -0.15) is 0 Å². The quantitative estimate of drug-likeness (QED) is 0.420. The number of rotatable bonds is 0. The van der Waals surface area contributed by atoms with Gasteiger partial charge in [-0.25, -0.2) is 0 Å². The number of ketones is 1. The minimum atomic E-state index is -0.892. The van der Waals surface area contributed by atoms with E-state index < -0.39 is 10.3 Å². The van der Waals surface area contributed by atoms with Crippen LogP contribution in [0.1, 0.15) is 12.8 Å². The molecule has 7 heteroatoms. The Morgan fingerprint density at radius 2 is 1.62 bits per heavy atom. The average molecular weight is 527 g/mol. The van der Waals surface area contributed by atoms with Gasteiger partial charge in [0.05, 0.1) is 0 Å². The number of Topliss-reactive ketones (excluding diaryl/α,β-unsaturated/α-hetero) is 1. The predicted octanol–water partition coefficient (Wildman–Crippen LogP) is 4.65. The molecule has 1 unspecified atom stereocenters. The summed E-state index contributed by atoms with van der Waals surface area (Å²) in [4.78, 5) is 11.6. The van der Waals surface area contributed by atoms with Crippen LogP contribution < -0.4 is 0 Å². The van der Waals surface area contributed by atoms with Gasteiger partial charge in [-0.1, -0.05) is 79.6 Å². The molecular formula is C6H4Br5ClO. The van der Waals surface area contributed by atoms with Crippen molar-refractivity contribution >= 4 is 97.0 Å². The van der Waals surface area contributed by atoms with Gasteiger partial charge < -0.3 is 0 Å². The van der Waals surface area contributed by atoms with Gasteiger partial charge in [0.25, 0.3) is 0 Å². The first-order chi connectivity index (χ1) is 5.63. The van der Waals surface area contributed by atoms with Crippen molar-refractivity contribution in [3.8, 4) is 0 Å². The Labute approximate surface area is 123 Å². The Morgan fingerprint density at radius 3 is 2.00 bits per heavy atom. The molecule has 1 atom stereocenters. The molecule has 0 saturated heterocycles. The number of alkyl halides is 6. The van der Waals surface area contributed by atoms with E-state index in [0.717, 1.165) is 0 Å². The fraction of sp³-hybridized carbons (Fsp3) is 0.833. The van der Waals surface area contributed by atoms with E-state index in [4.69, 9.17) is 11.6 Å². The lowest BCUT2D eigenvalue weighted by molar-refractivity contribution is -0.120. The molecule has 1 nitrogen and oxygen atoms in total. The van der Waals surface area contributed by atoms with Crippen LogP contribution in [0.4, 0.5) is 0 Å². The van der Waals surface area contributed by atoms with Gasteiger partial charge in [0.1, 0.15) is 7.02 Å². The molecular weight excluding hydrogens is 523 g/mol. The number of carbonyl (C=O) groups excluding carboxylic acids is 1. The molecule has 0 radical (unpaired) electrons. The molecule has 0 spiro atoms. The minimum absolute atomic E-state index is 0.0528. The van der Waals surface area contributed by atoms with Crippen LogP contribution in [-0.4, -0.2) is 16.0 Å². The molecule has 76 valence electrons. The Balaban J connectivity index is 3.14. The first kappa shape index (κ1) is 13.4. The summed E-state index contributed by atoms with van der Waals surface area (Å²) in [6.45, 7) is 0. The van der Waals surface area contributed by atoms with Crippen molar-refractivity contribution in [3.05, 3.63) is 0 Å². The highest BCUT2D eigenvalue weighted by molar-refractivity contribution is 9.31. The van der Waals surface area contributed by atoms with E-state index in [0.29, 0.717) is 12.8 Å². The Hall–Kier alpha value is 2.36. The molecule has 0 amide bonds. The van der Waals surface area contributed by atoms with Gasteiger partial charge in [-0.05, 0) is 6.42 Å².